The highest BCUT2D eigenvalue weighted by atomic mass is 19.4. The van der Waals surface area contributed by atoms with Crippen LogP contribution < -0.4 is 0 Å². The van der Waals surface area contributed by atoms with E-state index in [1.54, 1.807) is 0 Å². The standard InChI is InChI=1S/C9H11F5O2/c1-4-7(2,3)8(10,11)5(15)6(16)9(12,13)14/h4H2,1-3H3. The summed E-state index contributed by atoms with van der Waals surface area (Å²) in [6.45, 7) is 3.14. The van der Waals surface area contributed by atoms with E-state index in [1.165, 1.54) is 6.92 Å². The predicted molar refractivity (Wildman–Crippen MR) is 45.1 cm³/mol. The Kier molecular flexibility index (Phi) is 3.84. The molecule has 94 valence electrons. The van der Waals surface area contributed by atoms with Gasteiger partial charge < -0.3 is 0 Å². The highest BCUT2D eigenvalue weighted by Crippen LogP contribution is 2.40. The summed E-state index contributed by atoms with van der Waals surface area (Å²) in [5.41, 5.74) is -2.00. The largest absolute Gasteiger partial charge is 0.458 e. The number of alkyl halides is 5. The Labute approximate surface area is 88.8 Å². The SMILES string of the molecule is CCC(C)(C)C(F)(F)C(=O)C(=O)C(F)(F)F. The van der Waals surface area contributed by atoms with Gasteiger partial charge in [0.25, 0.3) is 5.78 Å². The zero-order valence-electron chi connectivity index (χ0n) is 8.91. The zero-order valence-corrected chi connectivity index (χ0v) is 8.91. The Balaban J connectivity index is 5.22. The van der Waals surface area contributed by atoms with Crippen LogP contribution in [0.3, 0.4) is 0 Å². The minimum Gasteiger partial charge on any atom is -0.284 e. The van der Waals surface area contributed by atoms with E-state index in [0.717, 1.165) is 13.8 Å². The van der Waals surface area contributed by atoms with Crippen molar-refractivity contribution < 1.29 is 31.5 Å². The maximum absolute atomic E-state index is 13.3. The molecule has 0 radical (unpaired) electrons. The van der Waals surface area contributed by atoms with Crippen LogP contribution in [0.5, 0.6) is 0 Å². The average Bonchev–Trinajstić information content (AvgIpc) is 2.13. The van der Waals surface area contributed by atoms with E-state index in [1.807, 2.05) is 0 Å². The van der Waals surface area contributed by atoms with Gasteiger partial charge >= 0.3 is 17.9 Å². The minimum absolute atomic E-state index is 0.239. The first-order valence-corrected chi connectivity index (χ1v) is 4.41. The zero-order chi connectivity index (χ0) is 13.4. The van der Waals surface area contributed by atoms with Gasteiger partial charge in [0, 0.05) is 5.41 Å². The van der Waals surface area contributed by atoms with Gasteiger partial charge in [-0.15, -0.1) is 0 Å². The Morgan fingerprint density at radius 3 is 1.56 bits per heavy atom. The quantitative estimate of drug-likeness (QED) is 0.564. The predicted octanol–water partition coefficient (Wildman–Crippen LogP) is 2.76. The van der Waals surface area contributed by atoms with Crippen LogP contribution in [0, 0.1) is 5.41 Å². The minimum atomic E-state index is -5.57. The van der Waals surface area contributed by atoms with Gasteiger partial charge in [-0.2, -0.15) is 22.0 Å². The summed E-state index contributed by atoms with van der Waals surface area (Å²) in [6, 6.07) is 0. The lowest BCUT2D eigenvalue weighted by Crippen LogP contribution is -2.50. The maximum Gasteiger partial charge on any atom is 0.458 e. The number of rotatable bonds is 4. The molecule has 0 aromatic rings. The van der Waals surface area contributed by atoms with E-state index in [-0.39, 0.29) is 6.42 Å². The third-order valence-corrected chi connectivity index (χ3v) is 2.48. The molecule has 0 aromatic carbocycles. The fraction of sp³-hybridized carbons (Fsp3) is 0.778. The molecule has 0 fully saturated rings. The van der Waals surface area contributed by atoms with Crippen LogP contribution in [0.25, 0.3) is 0 Å². The molecule has 16 heavy (non-hydrogen) atoms. The second-order valence-electron chi connectivity index (χ2n) is 3.97. The molecule has 0 aliphatic carbocycles. The normalized spacial score (nSPS) is 13.8. The highest BCUT2D eigenvalue weighted by Gasteiger charge is 2.59. The first-order chi connectivity index (χ1) is 6.88. The molecular formula is C9H11F5O2. The second-order valence-corrected chi connectivity index (χ2v) is 3.97. The molecule has 0 heterocycles. The van der Waals surface area contributed by atoms with Gasteiger partial charge in [-0.25, -0.2) is 0 Å². The van der Waals surface area contributed by atoms with E-state index in [4.69, 9.17) is 0 Å². The molecule has 0 spiro atoms. The van der Waals surface area contributed by atoms with Crippen molar-refractivity contribution in [2.24, 2.45) is 5.41 Å². The van der Waals surface area contributed by atoms with Crippen molar-refractivity contribution in [2.45, 2.75) is 39.3 Å². The van der Waals surface area contributed by atoms with Crippen molar-refractivity contribution in [3.8, 4) is 0 Å². The van der Waals surface area contributed by atoms with Gasteiger partial charge in [-0.3, -0.25) is 9.59 Å². The van der Waals surface area contributed by atoms with Gasteiger partial charge in [0.15, 0.2) is 0 Å². The number of hydrogen-bond acceptors (Lipinski definition) is 2. The highest BCUT2D eigenvalue weighted by molar-refractivity contribution is 6.41. The molecule has 0 saturated carbocycles. The number of Topliss-reactive ketones (excluding diaryl/α,β-unsaturated/α-hetero) is 2. The molecule has 0 amide bonds. The van der Waals surface area contributed by atoms with E-state index in [0.29, 0.717) is 0 Å². The summed E-state index contributed by atoms with van der Waals surface area (Å²) < 4.78 is 62.1. The first-order valence-electron chi connectivity index (χ1n) is 4.41. The van der Waals surface area contributed by atoms with E-state index in [9.17, 15) is 31.5 Å². The Hall–Kier alpha value is -1.01. The lowest BCUT2D eigenvalue weighted by molar-refractivity contribution is -0.189. The number of halogens is 5. The molecule has 0 atom stereocenters. The molecule has 0 unspecified atom stereocenters. The van der Waals surface area contributed by atoms with Crippen LogP contribution in [0.15, 0.2) is 0 Å². The van der Waals surface area contributed by atoms with E-state index < -0.39 is 29.1 Å². The summed E-state index contributed by atoms with van der Waals surface area (Å²) in [6.07, 6.45) is -5.80. The molecule has 2 nitrogen and oxygen atoms in total. The van der Waals surface area contributed by atoms with Crippen molar-refractivity contribution in [2.75, 3.05) is 0 Å². The summed E-state index contributed by atoms with van der Waals surface area (Å²) in [5.74, 6) is -10.0. The lowest BCUT2D eigenvalue weighted by Gasteiger charge is -2.31. The lowest BCUT2D eigenvalue weighted by atomic mass is 9.80. The molecule has 7 heteroatoms. The van der Waals surface area contributed by atoms with E-state index in [2.05, 4.69) is 0 Å². The molecule has 0 bridgehead atoms. The monoisotopic (exact) mass is 246 g/mol. The first kappa shape index (κ1) is 15.0. The van der Waals surface area contributed by atoms with Crippen LogP contribution in [-0.4, -0.2) is 23.7 Å². The fourth-order valence-corrected chi connectivity index (χ4v) is 0.801. The average molecular weight is 246 g/mol. The van der Waals surface area contributed by atoms with Crippen LogP contribution in [0.1, 0.15) is 27.2 Å². The number of carbonyl (C=O) groups excluding carboxylic acids is 2. The fourth-order valence-electron chi connectivity index (χ4n) is 0.801. The third kappa shape index (κ3) is 2.56. The van der Waals surface area contributed by atoms with Crippen LogP contribution in [-0.2, 0) is 9.59 Å². The number of ketones is 2. The molecule has 0 saturated heterocycles. The maximum atomic E-state index is 13.3. The van der Waals surface area contributed by atoms with Crippen molar-refractivity contribution in [3.63, 3.8) is 0 Å². The van der Waals surface area contributed by atoms with Crippen molar-refractivity contribution in [3.05, 3.63) is 0 Å². The van der Waals surface area contributed by atoms with Gasteiger partial charge in [0.1, 0.15) is 0 Å². The number of hydrogen-bond donors (Lipinski definition) is 0. The van der Waals surface area contributed by atoms with Crippen LogP contribution in [0.2, 0.25) is 0 Å². The summed E-state index contributed by atoms with van der Waals surface area (Å²) in [4.78, 5) is 21.2. The second kappa shape index (κ2) is 4.10. The summed E-state index contributed by atoms with van der Waals surface area (Å²) in [7, 11) is 0. The van der Waals surface area contributed by atoms with Crippen molar-refractivity contribution in [1.29, 1.82) is 0 Å². The van der Waals surface area contributed by atoms with Gasteiger partial charge in [0.2, 0.25) is 0 Å². The van der Waals surface area contributed by atoms with E-state index >= 15 is 0 Å². The van der Waals surface area contributed by atoms with Gasteiger partial charge in [0.05, 0.1) is 0 Å². The molecule has 0 N–H and O–H groups in total. The molecule has 0 rings (SSSR count). The van der Waals surface area contributed by atoms with Crippen LogP contribution >= 0.6 is 0 Å². The van der Waals surface area contributed by atoms with Gasteiger partial charge in [-0.05, 0) is 6.42 Å². The Bertz CT molecular complexity index is 304. The third-order valence-electron chi connectivity index (χ3n) is 2.48. The molecule has 0 aliphatic heterocycles. The Morgan fingerprint density at radius 1 is 0.938 bits per heavy atom. The Morgan fingerprint density at radius 2 is 1.31 bits per heavy atom. The van der Waals surface area contributed by atoms with Crippen LogP contribution in [0.4, 0.5) is 22.0 Å². The van der Waals surface area contributed by atoms with Gasteiger partial charge in [-0.1, -0.05) is 20.8 Å². The molecule has 0 aliphatic rings. The van der Waals surface area contributed by atoms with Crippen molar-refractivity contribution >= 4 is 11.6 Å². The summed E-state index contributed by atoms with van der Waals surface area (Å²) >= 11 is 0. The number of carbonyl (C=O) groups is 2. The van der Waals surface area contributed by atoms with Crippen molar-refractivity contribution in [1.82, 2.24) is 0 Å². The smallest absolute Gasteiger partial charge is 0.284 e. The molecular weight excluding hydrogens is 235 g/mol. The molecule has 0 aromatic heterocycles. The summed E-state index contributed by atoms with van der Waals surface area (Å²) in [5, 5.41) is 0. The topological polar surface area (TPSA) is 34.1 Å².